The van der Waals surface area contributed by atoms with E-state index >= 15 is 0 Å². The molecule has 5 nitrogen and oxygen atoms in total. The largest absolute Gasteiger partial charge is 0.382 e. The molecule has 0 saturated carbocycles. The topological polar surface area (TPSA) is 80.0 Å². The van der Waals surface area contributed by atoms with Gasteiger partial charge in [0, 0.05) is 17.8 Å². The fourth-order valence-corrected chi connectivity index (χ4v) is 2.25. The molecule has 0 fully saturated rings. The monoisotopic (exact) mass is 288 g/mol. The minimum absolute atomic E-state index is 0.0135. The summed E-state index contributed by atoms with van der Waals surface area (Å²) < 4.78 is 0.0135. The van der Waals surface area contributed by atoms with Crippen LogP contribution in [-0.2, 0) is 0 Å². The number of nitrogens with two attached hydrogens (primary N) is 1. The molecular formula is C11H20N4OS2. The Morgan fingerprint density at radius 3 is 2.78 bits per heavy atom. The third kappa shape index (κ3) is 4.06. The van der Waals surface area contributed by atoms with Crippen LogP contribution in [0.4, 0.5) is 10.9 Å². The molecule has 1 rings (SSSR count). The number of hydrogen-bond acceptors (Lipinski definition) is 6. The highest BCUT2D eigenvalue weighted by atomic mass is 32.2. The van der Waals surface area contributed by atoms with Gasteiger partial charge < -0.3 is 16.4 Å². The Balaban J connectivity index is 2.67. The average Bonchev–Trinajstić information content (AvgIpc) is 2.68. The lowest BCUT2D eigenvalue weighted by atomic mass is 10.2. The maximum Gasteiger partial charge on any atom is 0.265 e. The molecule has 0 unspecified atom stereocenters. The van der Waals surface area contributed by atoms with E-state index in [1.165, 1.54) is 11.3 Å². The van der Waals surface area contributed by atoms with Crippen LogP contribution in [-0.4, -0.2) is 35.0 Å². The van der Waals surface area contributed by atoms with E-state index in [-0.39, 0.29) is 16.5 Å². The first-order valence-corrected chi connectivity index (χ1v) is 7.77. The number of carbonyl (C=O) groups excluding carboxylic acids is 1. The molecule has 1 aromatic heterocycles. The van der Waals surface area contributed by atoms with E-state index in [0.29, 0.717) is 16.6 Å². The first kappa shape index (κ1) is 15.1. The van der Waals surface area contributed by atoms with E-state index < -0.39 is 0 Å². The lowest BCUT2D eigenvalue weighted by molar-refractivity contribution is 0.0955. The summed E-state index contributed by atoms with van der Waals surface area (Å²) in [5.41, 5.74) is 5.74. The summed E-state index contributed by atoms with van der Waals surface area (Å²) >= 11 is 3.00. The first-order valence-electron chi connectivity index (χ1n) is 5.73. The Labute approximate surface area is 116 Å². The van der Waals surface area contributed by atoms with Crippen LogP contribution in [0.1, 0.15) is 30.4 Å². The summed E-state index contributed by atoms with van der Waals surface area (Å²) in [7, 11) is 0. The third-order valence-corrected chi connectivity index (χ3v) is 4.69. The number of thiazole rings is 1. The number of rotatable bonds is 6. The Kier molecular flexibility index (Phi) is 5.28. The Morgan fingerprint density at radius 1 is 1.56 bits per heavy atom. The van der Waals surface area contributed by atoms with Crippen LogP contribution in [0.15, 0.2) is 0 Å². The number of carbonyl (C=O) groups is 1. The second kappa shape index (κ2) is 6.29. The number of nitrogen functional groups attached to an aromatic ring is 1. The molecule has 1 heterocycles. The Hall–Kier alpha value is -0.950. The summed E-state index contributed by atoms with van der Waals surface area (Å²) in [5, 5.41) is 6.62. The van der Waals surface area contributed by atoms with Crippen LogP contribution >= 0.6 is 23.1 Å². The van der Waals surface area contributed by atoms with Crippen molar-refractivity contribution in [3.05, 3.63) is 4.88 Å². The molecular weight excluding hydrogens is 268 g/mol. The second-order valence-electron chi connectivity index (χ2n) is 4.41. The van der Waals surface area contributed by atoms with Crippen molar-refractivity contribution in [1.82, 2.24) is 10.3 Å². The van der Waals surface area contributed by atoms with E-state index in [1.807, 2.05) is 13.2 Å². The van der Waals surface area contributed by atoms with E-state index in [1.54, 1.807) is 11.8 Å². The molecule has 0 bridgehead atoms. The number of nitrogens with one attached hydrogen (secondary N) is 2. The van der Waals surface area contributed by atoms with Gasteiger partial charge in [0.15, 0.2) is 5.13 Å². The zero-order valence-electron chi connectivity index (χ0n) is 11.2. The molecule has 0 spiro atoms. The summed E-state index contributed by atoms with van der Waals surface area (Å²) in [6.07, 6.45) is 2.02. The molecule has 18 heavy (non-hydrogen) atoms. The Bertz CT molecular complexity index is 417. The van der Waals surface area contributed by atoms with Gasteiger partial charge in [-0.25, -0.2) is 4.98 Å². The standard InChI is InChI=1S/C11H20N4OS2/c1-5-13-10-15-8(12)7(18-10)9(16)14-6-11(2,3)17-4/h5-6,12H2,1-4H3,(H,13,15)(H,14,16). The van der Waals surface area contributed by atoms with Crippen LogP contribution in [0.2, 0.25) is 0 Å². The number of amides is 1. The average molecular weight is 288 g/mol. The van der Waals surface area contributed by atoms with E-state index in [9.17, 15) is 4.79 Å². The molecule has 0 aromatic carbocycles. The normalized spacial score (nSPS) is 11.3. The summed E-state index contributed by atoms with van der Waals surface area (Å²) in [6.45, 7) is 7.49. The molecule has 1 aromatic rings. The molecule has 0 saturated heterocycles. The lowest BCUT2D eigenvalue weighted by Gasteiger charge is -2.21. The third-order valence-electron chi connectivity index (χ3n) is 2.41. The molecule has 102 valence electrons. The van der Waals surface area contributed by atoms with Gasteiger partial charge in [0.1, 0.15) is 10.7 Å². The fraction of sp³-hybridized carbons (Fsp3) is 0.636. The predicted molar refractivity (Wildman–Crippen MR) is 80.6 cm³/mol. The second-order valence-corrected chi connectivity index (χ2v) is 6.92. The van der Waals surface area contributed by atoms with Gasteiger partial charge in [-0.15, -0.1) is 0 Å². The number of thioether (sulfide) groups is 1. The highest BCUT2D eigenvalue weighted by molar-refractivity contribution is 7.99. The smallest absolute Gasteiger partial charge is 0.265 e. The molecule has 0 atom stereocenters. The first-order chi connectivity index (χ1) is 8.39. The molecule has 1 amide bonds. The number of anilines is 2. The van der Waals surface area contributed by atoms with Gasteiger partial charge in [-0.2, -0.15) is 11.8 Å². The van der Waals surface area contributed by atoms with Gasteiger partial charge in [0.2, 0.25) is 0 Å². The molecule has 0 aliphatic rings. The van der Waals surface area contributed by atoms with E-state index in [0.717, 1.165) is 6.54 Å². The van der Waals surface area contributed by atoms with Crippen molar-refractivity contribution in [1.29, 1.82) is 0 Å². The van der Waals surface area contributed by atoms with Crippen LogP contribution in [0, 0.1) is 0 Å². The summed E-state index contributed by atoms with van der Waals surface area (Å²) in [4.78, 5) is 16.6. The van der Waals surface area contributed by atoms with Crippen LogP contribution in [0.25, 0.3) is 0 Å². The lowest BCUT2D eigenvalue weighted by Crippen LogP contribution is -2.36. The van der Waals surface area contributed by atoms with Crippen molar-refractivity contribution < 1.29 is 4.79 Å². The summed E-state index contributed by atoms with van der Waals surface area (Å²) in [6, 6.07) is 0. The van der Waals surface area contributed by atoms with Crippen molar-refractivity contribution in [2.24, 2.45) is 0 Å². The maximum absolute atomic E-state index is 12.0. The molecule has 0 aliphatic heterocycles. The fourth-order valence-electron chi connectivity index (χ4n) is 1.17. The van der Waals surface area contributed by atoms with Gasteiger partial charge in [-0.3, -0.25) is 4.79 Å². The number of aromatic nitrogens is 1. The van der Waals surface area contributed by atoms with E-state index in [4.69, 9.17) is 5.73 Å². The van der Waals surface area contributed by atoms with Gasteiger partial charge in [0.05, 0.1) is 0 Å². The molecule has 7 heteroatoms. The van der Waals surface area contributed by atoms with Gasteiger partial charge in [0.25, 0.3) is 5.91 Å². The summed E-state index contributed by atoms with van der Waals surface area (Å²) in [5.74, 6) is 0.131. The zero-order chi connectivity index (χ0) is 13.8. The number of nitrogens with zero attached hydrogens (tertiary/aromatic N) is 1. The van der Waals surface area contributed by atoms with Crippen molar-refractivity contribution in [2.75, 3.05) is 30.4 Å². The molecule has 0 radical (unpaired) electrons. The number of hydrogen-bond donors (Lipinski definition) is 3. The van der Waals surface area contributed by atoms with Crippen LogP contribution in [0.5, 0.6) is 0 Å². The van der Waals surface area contributed by atoms with Crippen molar-refractivity contribution in [2.45, 2.75) is 25.5 Å². The molecule has 4 N–H and O–H groups in total. The SMILES string of the molecule is CCNc1nc(N)c(C(=O)NCC(C)(C)SC)s1. The van der Waals surface area contributed by atoms with Gasteiger partial charge >= 0.3 is 0 Å². The van der Waals surface area contributed by atoms with Gasteiger partial charge in [-0.1, -0.05) is 11.3 Å². The van der Waals surface area contributed by atoms with Gasteiger partial charge in [-0.05, 0) is 27.0 Å². The minimum Gasteiger partial charge on any atom is -0.382 e. The molecule has 0 aliphatic carbocycles. The highest BCUT2D eigenvalue weighted by Crippen LogP contribution is 2.25. The van der Waals surface area contributed by atoms with Crippen molar-refractivity contribution in [3.63, 3.8) is 0 Å². The van der Waals surface area contributed by atoms with Crippen molar-refractivity contribution >= 4 is 40.0 Å². The van der Waals surface area contributed by atoms with Crippen LogP contribution < -0.4 is 16.4 Å². The maximum atomic E-state index is 12.0. The zero-order valence-corrected chi connectivity index (χ0v) is 12.8. The quantitative estimate of drug-likeness (QED) is 0.746. The Morgan fingerprint density at radius 2 is 2.22 bits per heavy atom. The predicted octanol–water partition coefficient (Wildman–Crippen LogP) is 2.03. The van der Waals surface area contributed by atoms with Crippen LogP contribution in [0.3, 0.4) is 0 Å². The highest BCUT2D eigenvalue weighted by Gasteiger charge is 2.20. The minimum atomic E-state index is -0.156. The van der Waals surface area contributed by atoms with Crippen molar-refractivity contribution in [3.8, 4) is 0 Å². The van der Waals surface area contributed by atoms with E-state index in [2.05, 4.69) is 29.5 Å².